The van der Waals surface area contributed by atoms with Gasteiger partial charge < -0.3 is 5.11 Å². The third kappa shape index (κ3) is 3.71. The van der Waals surface area contributed by atoms with Crippen LogP contribution in [0.15, 0.2) is 53.6 Å². The van der Waals surface area contributed by atoms with Gasteiger partial charge in [-0.1, -0.05) is 23.7 Å². The molecule has 0 saturated carbocycles. The number of pyridine rings is 1. The zero-order chi connectivity index (χ0) is 18.7. The molecule has 0 bridgehead atoms. The van der Waals surface area contributed by atoms with Crippen molar-refractivity contribution in [2.24, 2.45) is 0 Å². The number of aromatic nitrogens is 4. The van der Waals surface area contributed by atoms with Crippen LogP contribution in [0.2, 0.25) is 5.02 Å². The molecule has 9 heteroatoms. The summed E-state index contributed by atoms with van der Waals surface area (Å²) in [5.74, 6) is -0.426. The molecule has 0 amide bonds. The van der Waals surface area contributed by atoms with E-state index in [1.54, 1.807) is 47.2 Å². The molecule has 1 aromatic carbocycles. The molecule has 3 rings (SSSR count). The number of aliphatic carboxylic acids is 1. The van der Waals surface area contributed by atoms with E-state index < -0.39 is 16.8 Å². The molecule has 0 saturated heterocycles. The number of para-hydroxylation sites is 1. The lowest BCUT2D eigenvalue weighted by atomic mass is 10.2. The molecule has 0 aliphatic carbocycles. The number of hydrogen-bond acceptors (Lipinski definition) is 5. The van der Waals surface area contributed by atoms with Gasteiger partial charge in [0.2, 0.25) is 0 Å². The van der Waals surface area contributed by atoms with Crippen LogP contribution in [-0.4, -0.2) is 41.3 Å². The summed E-state index contributed by atoms with van der Waals surface area (Å²) in [6.07, 6.45) is 5.37. The maximum Gasteiger partial charge on any atom is 0.328 e. The number of carbonyl (C=O) groups is 1. The minimum absolute atomic E-state index is 0.292. The maximum absolute atomic E-state index is 11.5. The molecule has 2 heterocycles. The normalized spacial score (nSPS) is 12.4. The number of nitrogens with zero attached hydrogens (tertiary/aromatic N) is 4. The highest BCUT2D eigenvalue weighted by Gasteiger charge is 2.17. The quantitative estimate of drug-likeness (QED) is 0.675. The van der Waals surface area contributed by atoms with Crippen molar-refractivity contribution < 1.29 is 14.1 Å². The summed E-state index contributed by atoms with van der Waals surface area (Å²) in [5.41, 5.74) is 1.07. The summed E-state index contributed by atoms with van der Waals surface area (Å²) >= 11 is 6.30. The first kappa shape index (κ1) is 18.0. The average molecular weight is 389 g/mol. The van der Waals surface area contributed by atoms with Gasteiger partial charge in [0.05, 0.1) is 26.4 Å². The molecular formula is C17H13ClN4O3S. The van der Waals surface area contributed by atoms with Crippen molar-refractivity contribution in [2.75, 3.05) is 6.26 Å². The lowest BCUT2D eigenvalue weighted by molar-refractivity contribution is -0.131. The van der Waals surface area contributed by atoms with Crippen LogP contribution in [0.3, 0.4) is 0 Å². The van der Waals surface area contributed by atoms with Gasteiger partial charge in [-0.15, -0.1) is 10.2 Å². The summed E-state index contributed by atoms with van der Waals surface area (Å²) in [5, 5.41) is 17.5. The molecule has 0 fully saturated rings. The second-order valence-electron chi connectivity index (χ2n) is 5.17. The Bertz CT molecular complexity index is 1020. The Morgan fingerprint density at radius 3 is 2.62 bits per heavy atom. The molecule has 7 nitrogen and oxygen atoms in total. The van der Waals surface area contributed by atoms with E-state index in [-0.39, 0.29) is 0 Å². The van der Waals surface area contributed by atoms with Crippen LogP contribution >= 0.6 is 11.6 Å². The fraction of sp³-hybridized carbons (Fsp3) is 0.0588. The molecule has 1 N–H and O–H groups in total. The van der Waals surface area contributed by atoms with Crippen molar-refractivity contribution in [1.29, 1.82) is 0 Å². The topological polar surface area (TPSA) is 98.0 Å². The minimum Gasteiger partial charge on any atom is -0.478 e. The molecule has 3 aromatic rings. The van der Waals surface area contributed by atoms with E-state index >= 15 is 0 Å². The Hall–Kier alpha value is -2.84. The maximum atomic E-state index is 11.5. The molecule has 0 aliphatic rings. The van der Waals surface area contributed by atoms with Gasteiger partial charge in [-0.3, -0.25) is 13.8 Å². The molecule has 1 unspecified atom stereocenters. The Kier molecular flexibility index (Phi) is 5.24. The smallest absolute Gasteiger partial charge is 0.328 e. The predicted octanol–water partition coefficient (Wildman–Crippen LogP) is 2.82. The molecule has 0 spiro atoms. The number of halogens is 1. The van der Waals surface area contributed by atoms with Crippen LogP contribution < -0.4 is 0 Å². The Labute approximate surface area is 156 Å². The van der Waals surface area contributed by atoms with E-state index in [4.69, 9.17) is 16.7 Å². The van der Waals surface area contributed by atoms with E-state index in [0.29, 0.717) is 32.9 Å². The van der Waals surface area contributed by atoms with Gasteiger partial charge >= 0.3 is 5.97 Å². The van der Waals surface area contributed by atoms with Crippen molar-refractivity contribution in [1.82, 2.24) is 19.7 Å². The Morgan fingerprint density at radius 1 is 1.23 bits per heavy atom. The highest BCUT2D eigenvalue weighted by molar-refractivity contribution is 7.84. The molecule has 26 heavy (non-hydrogen) atoms. The highest BCUT2D eigenvalue weighted by Crippen LogP contribution is 2.27. The third-order valence-corrected chi connectivity index (χ3v) is 4.68. The van der Waals surface area contributed by atoms with Crippen LogP contribution in [0.5, 0.6) is 0 Å². The zero-order valence-electron chi connectivity index (χ0n) is 13.5. The third-order valence-electron chi connectivity index (χ3n) is 3.45. The first-order chi connectivity index (χ1) is 12.5. The van der Waals surface area contributed by atoms with Crippen LogP contribution in [0, 0.1) is 0 Å². The fourth-order valence-electron chi connectivity index (χ4n) is 2.27. The van der Waals surface area contributed by atoms with Gasteiger partial charge in [-0.2, -0.15) is 0 Å². The number of carboxylic acids is 1. The van der Waals surface area contributed by atoms with Crippen LogP contribution in [0.1, 0.15) is 5.82 Å². The molecule has 1 atom stereocenters. The lowest BCUT2D eigenvalue weighted by Crippen LogP contribution is -2.02. The molecule has 132 valence electrons. The van der Waals surface area contributed by atoms with Crippen molar-refractivity contribution in [3.8, 4) is 17.2 Å². The summed E-state index contributed by atoms with van der Waals surface area (Å²) in [6.45, 7) is 0. The molecule has 0 radical (unpaired) electrons. The van der Waals surface area contributed by atoms with Gasteiger partial charge in [-0.25, -0.2) is 4.79 Å². The summed E-state index contributed by atoms with van der Waals surface area (Å²) in [4.78, 5) is 15.7. The van der Waals surface area contributed by atoms with Gasteiger partial charge in [0, 0.05) is 18.5 Å². The Morgan fingerprint density at radius 2 is 2.00 bits per heavy atom. The van der Waals surface area contributed by atoms with Gasteiger partial charge in [0.1, 0.15) is 5.69 Å². The van der Waals surface area contributed by atoms with Crippen molar-refractivity contribution in [3.05, 3.63) is 59.5 Å². The lowest BCUT2D eigenvalue weighted by Gasteiger charge is -2.10. The van der Waals surface area contributed by atoms with Gasteiger partial charge in [-0.05, 0) is 30.3 Å². The summed E-state index contributed by atoms with van der Waals surface area (Å²) in [7, 11) is -1.14. The molecule has 0 aliphatic heterocycles. The second kappa shape index (κ2) is 7.59. The van der Waals surface area contributed by atoms with E-state index in [9.17, 15) is 9.00 Å². The standard InChI is InChI=1S/C17H13ClN4O3S/c1-26(25)11-6-7-13(19-10-11)17-21-20-15(8-9-16(23)24)22(17)14-5-3-2-4-12(14)18/h2-10H,1H3,(H,23,24)/b9-8+. The van der Waals surface area contributed by atoms with Crippen molar-refractivity contribution in [2.45, 2.75) is 4.90 Å². The average Bonchev–Trinajstić information content (AvgIpc) is 3.04. The van der Waals surface area contributed by atoms with Crippen LogP contribution in [-0.2, 0) is 15.6 Å². The number of rotatable bonds is 5. The Balaban J connectivity index is 2.18. The monoisotopic (exact) mass is 388 g/mol. The minimum atomic E-state index is -1.14. The number of hydrogen-bond donors (Lipinski definition) is 1. The summed E-state index contributed by atoms with van der Waals surface area (Å²) in [6, 6.07) is 10.4. The van der Waals surface area contributed by atoms with Gasteiger partial charge in [0.15, 0.2) is 11.6 Å². The molecule has 2 aromatic heterocycles. The second-order valence-corrected chi connectivity index (χ2v) is 6.96. The van der Waals surface area contributed by atoms with E-state index in [1.165, 1.54) is 12.3 Å². The van der Waals surface area contributed by atoms with E-state index in [2.05, 4.69) is 15.2 Å². The summed E-state index contributed by atoms with van der Waals surface area (Å²) < 4.78 is 13.2. The predicted molar refractivity (Wildman–Crippen MR) is 98.6 cm³/mol. The zero-order valence-corrected chi connectivity index (χ0v) is 15.1. The van der Waals surface area contributed by atoms with Crippen molar-refractivity contribution >= 4 is 34.4 Å². The first-order valence-electron chi connectivity index (χ1n) is 7.38. The van der Waals surface area contributed by atoms with Crippen LogP contribution in [0.25, 0.3) is 23.3 Å². The van der Waals surface area contributed by atoms with E-state index in [1.807, 2.05) is 0 Å². The van der Waals surface area contributed by atoms with Gasteiger partial charge in [0.25, 0.3) is 0 Å². The number of carboxylic acid groups (broad SMARTS) is 1. The van der Waals surface area contributed by atoms with Crippen molar-refractivity contribution in [3.63, 3.8) is 0 Å². The van der Waals surface area contributed by atoms with Crippen LogP contribution in [0.4, 0.5) is 0 Å². The first-order valence-corrected chi connectivity index (χ1v) is 9.32. The molecular weight excluding hydrogens is 376 g/mol. The highest BCUT2D eigenvalue weighted by atomic mass is 35.5. The van der Waals surface area contributed by atoms with E-state index in [0.717, 1.165) is 6.08 Å². The number of benzene rings is 1. The SMILES string of the molecule is CS(=O)c1ccc(-c2nnc(/C=C/C(=O)O)n2-c2ccccc2Cl)nc1. The largest absolute Gasteiger partial charge is 0.478 e. The fourth-order valence-corrected chi connectivity index (χ4v) is 2.95.